The highest BCUT2D eigenvalue weighted by Crippen LogP contribution is 2.43. The Morgan fingerprint density at radius 2 is 1.78 bits per heavy atom. The summed E-state index contributed by atoms with van der Waals surface area (Å²) < 4.78 is 32.7. The van der Waals surface area contributed by atoms with Crippen molar-refractivity contribution in [2.24, 2.45) is 11.3 Å². The van der Waals surface area contributed by atoms with Crippen LogP contribution in [0.2, 0.25) is 0 Å². The van der Waals surface area contributed by atoms with Gasteiger partial charge in [-0.15, -0.1) is 0 Å². The van der Waals surface area contributed by atoms with Crippen molar-refractivity contribution in [3.63, 3.8) is 0 Å². The van der Waals surface area contributed by atoms with Crippen molar-refractivity contribution in [1.82, 2.24) is 10.1 Å². The molecule has 1 aliphatic carbocycles. The zero-order valence-electron chi connectivity index (χ0n) is 21.3. The number of Topliss-reactive ketones (excluding diaryl/α,β-unsaturated/α-hetero) is 2. The molecule has 2 fully saturated rings. The lowest BCUT2D eigenvalue weighted by molar-refractivity contribution is -0.126. The van der Waals surface area contributed by atoms with Crippen LogP contribution in [0.1, 0.15) is 62.0 Å². The Hall–Kier alpha value is -3.19. The van der Waals surface area contributed by atoms with Gasteiger partial charge in [0.1, 0.15) is 23.1 Å². The molecule has 3 aromatic rings. The summed E-state index contributed by atoms with van der Waals surface area (Å²) in [4.78, 5) is 28.9. The molecule has 0 atom stereocenters. The third-order valence-electron chi connectivity index (χ3n) is 7.63. The van der Waals surface area contributed by atoms with Crippen molar-refractivity contribution in [2.45, 2.75) is 51.4 Å². The van der Waals surface area contributed by atoms with Crippen molar-refractivity contribution >= 4 is 11.6 Å². The minimum atomic E-state index is -0.784. The second-order valence-electron chi connectivity index (χ2n) is 11.6. The molecule has 37 heavy (non-hydrogen) atoms. The Morgan fingerprint density at radius 3 is 2.46 bits per heavy atom. The zero-order chi connectivity index (χ0) is 26.2. The van der Waals surface area contributed by atoms with Gasteiger partial charge in [-0.1, -0.05) is 49.3 Å². The molecule has 1 aliphatic heterocycles. The van der Waals surface area contributed by atoms with Crippen molar-refractivity contribution in [3.8, 4) is 11.3 Å². The number of rotatable bonds is 11. The predicted molar refractivity (Wildman–Crippen MR) is 136 cm³/mol. The van der Waals surface area contributed by atoms with E-state index in [0.717, 1.165) is 30.2 Å². The van der Waals surface area contributed by atoms with Gasteiger partial charge in [-0.05, 0) is 41.9 Å². The van der Waals surface area contributed by atoms with E-state index in [4.69, 9.17) is 4.52 Å². The summed E-state index contributed by atoms with van der Waals surface area (Å²) >= 11 is 0. The Kier molecular flexibility index (Phi) is 6.84. The van der Waals surface area contributed by atoms with Crippen molar-refractivity contribution in [2.75, 3.05) is 19.6 Å². The third-order valence-corrected chi connectivity index (χ3v) is 7.63. The van der Waals surface area contributed by atoms with Crippen molar-refractivity contribution < 1.29 is 22.9 Å². The maximum atomic E-state index is 14.2. The van der Waals surface area contributed by atoms with E-state index in [9.17, 15) is 18.4 Å². The van der Waals surface area contributed by atoms with E-state index in [2.05, 4.69) is 23.9 Å². The summed E-state index contributed by atoms with van der Waals surface area (Å²) in [6, 6.07) is 14.6. The smallest absolute Gasteiger partial charge is 0.185 e. The van der Waals surface area contributed by atoms with Crippen LogP contribution < -0.4 is 0 Å². The number of hydrogen-bond donors (Lipinski definition) is 0. The fourth-order valence-corrected chi connectivity index (χ4v) is 5.60. The summed E-state index contributed by atoms with van der Waals surface area (Å²) in [5.74, 6) is -0.779. The topological polar surface area (TPSA) is 63.4 Å². The second kappa shape index (κ2) is 9.93. The molecule has 0 amide bonds. The lowest BCUT2D eigenvalue weighted by Crippen LogP contribution is -2.58. The van der Waals surface area contributed by atoms with E-state index in [1.54, 1.807) is 0 Å². The number of benzene rings is 2. The summed E-state index contributed by atoms with van der Waals surface area (Å²) in [7, 11) is 0. The molecule has 0 unspecified atom stereocenters. The van der Waals surface area contributed by atoms with E-state index in [0.29, 0.717) is 25.9 Å². The van der Waals surface area contributed by atoms with Crippen LogP contribution in [0.5, 0.6) is 0 Å². The van der Waals surface area contributed by atoms with Gasteiger partial charge in [0.15, 0.2) is 11.5 Å². The number of nitrogens with zero attached hydrogens (tertiary/aromatic N) is 2. The molecule has 0 bridgehead atoms. The number of halogens is 2. The largest absolute Gasteiger partial charge is 0.355 e. The normalized spacial score (nSPS) is 17.4. The van der Waals surface area contributed by atoms with E-state index < -0.39 is 17.0 Å². The van der Waals surface area contributed by atoms with E-state index in [-0.39, 0.29) is 40.4 Å². The van der Waals surface area contributed by atoms with Gasteiger partial charge >= 0.3 is 0 Å². The van der Waals surface area contributed by atoms with Crippen LogP contribution in [-0.4, -0.2) is 41.3 Å². The first-order valence-electron chi connectivity index (χ1n) is 12.9. The van der Waals surface area contributed by atoms with Crippen LogP contribution in [0.3, 0.4) is 0 Å². The van der Waals surface area contributed by atoms with E-state index in [1.807, 2.05) is 30.3 Å². The van der Waals surface area contributed by atoms with Crippen LogP contribution in [-0.2, 0) is 10.2 Å². The monoisotopic (exact) mass is 506 g/mol. The lowest BCUT2D eigenvalue weighted by Gasteiger charge is -2.50. The number of aromatic nitrogens is 1. The van der Waals surface area contributed by atoms with Crippen LogP contribution in [0, 0.1) is 23.0 Å². The maximum absolute atomic E-state index is 14.2. The highest BCUT2D eigenvalue weighted by molar-refractivity contribution is 5.96. The van der Waals surface area contributed by atoms with Crippen molar-refractivity contribution in [1.29, 1.82) is 0 Å². The van der Waals surface area contributed by atoms with Crippen LogP contribution in [0.4, 0.5) is 8.78 Å². The van der Waals surface area contributed by atoms with Gasteiger partial charge in [0.05, 0.1) is 5.56 Å². The molecule has 0 spiro atoms. The van der Waals surface area contributed by atoms with Gasteiger partial charge < -0.3 is 9.42 Å². The quantitative estimate of drug-likeness (QED) is 0.289. The summed E-state index contributed by atoms with van der Waals surface area (Å²) in [5.41, 5.74) is 0.494. The molecular formula is C30H32F2N2O3. The molecule has 1 aromatic heterocycles. The molecule has 2 aromatic carbocycles. The molecule has 5 nitrogen and oxygen atoms in total. The summed E-state index contributed by atoms with van der Waals surface area (Å²) in [5, 5.41) is 3.87. The van der Waals surface area contributed by atoms with Crippen LogP contribution in [0.25, 0.3) is 11.3 Å². The molecule has 5 rings (SSSR count). The third kappa shape index (κ3) is 5.87. The Bertz CT molecular complexity index is 1290. The molecular weight excluding hydrogens is 474 g/mol. The lowest BCUT2D eigenvalue weighted by atomic mass is 9.69. The molecule has 0 N–H and O–H groups in total. The minimum Gasteiger partial charge on any atom is -0.355 e. The molecule has 194 valence electrons. The van der Waals surface area contributed by atoms with Crippen LogP contribution in [0.15, 0.2) is 59.1 Å². The van der Waals surface area contributed by atoms with Gasteiger partial charge in [-0.25, -0.2) is 8.78 Å². The standard InChI is InChI=1S/C30H32F2N2O3/c1-29(2,21-6-4-3-5-7-21)14-23(35)15-30(18-34(19-30)17-20-8-9-20)16-27(36)26-13-28(37-33-26)24-11-10-22(31)12-25(24)32/h3-7,10-13,20H,8-9,14-19H2,1-2H3. The number of hydrogen-bond acceptors (Lipinski definition) is 5. The fraction of sp³-hybridized carbons (Fsp3) is 0.433. The van der Waals surface area contributed by atoms with Crippen molar-refractivity contribution in [3.05, 3.63) is 77.5 Å². The average molecular weight is 507 g/mol. The second-order valence-corrected chi connectivity index (χ2v) is 11.6. The molecule has 1 saturated carbocycles. The fourth-order valence-electron chi connectivity index (χ4n) is 5.60. The summed E-state index contributed by atoms with van der Waals surface area (Å²) in [6.07, 6.45) is 3.38. The first-order chi connectivity index (χ1) is 17.6. The SMILES string of the molecule is CC(C)(CC(=O)CC1(CC(=O)c2cc(-c3ccc(F)cc3F)on2)CN(CC2CC2)C1)c1ccccc1. The highest BCUT2D eigenvalue weighted by atomic mass is 19.1. The molecule has 1 saturated heterocycles. The highest BCUT2D eigenvalue weighted by Gasteiger charge is 2.47. The first kappa shape index (κ1) is 25.5. The maximum Gasteiger partial charge on any atom is 0.185 e. The summed E-state index contributed by atoms with van der Waals surface area (Å²) in [6.45, 7) is 6.55. The van der Waals surface area contributed by atoms with Crippen LogP contribution >= 0.6 is 0 Å². The average Bonchev–Trinajstić information content (AvgIpc) is 3.50. The van der Waals surface area contributed by atoms with Gasteiger partial charge in [0.2, 0.25) is 0 Å². The Morgan fingerprint density at radius 1 is 1.05 bits per heavy atom. The number of carbonyl (C=O) groups excluding carboxylic acids is 2. The first-order valence-corrected chi connectivity index (χ1v) is 12.9. The van der Waals surface area contributed by atoms with Gasteiger partial charge in [-0.3, -0.25) is 9.59 Å². The van der Waals surface area contributed by atoms with Gasteiger partial charge in [0, 0.05) is 56.4 Å². The number of likely N-dealkylation sites (tertiary alicyclic amines) is 1. The number of ketones is 2. The van der Waals surface area contributed by atoms with E-state index in [1.165, 1.54) is 25.0 Å². The molecule has 2 heterocycles. The molecule has 7 heteroatoms. The minimum absolute atomic E-state index is 0.0419. The van der Waals surface area contributed by atoms with Gasteiger partial charge in [0.25, 0.3) is 0 Å². The molecule has 2 aliphatic rings. The Labute approximate surface area is 215 Å². The Balaban J connectivity index is 1.29. The molecule has 0 radical (unpaired) electrons. The number of carbonyl (C=O) groups is 2. The van der Waals surface area contributed by atoms with E-state index >= 15 is 0 Å². The predicted octanol–water partition coefficient (Wildman–Crippen LogP) is 6.23. The zero-order valence-corrected chi connectivity index (χ0v) is 21.3. The van der Waals surface area contributed by atoms with Gasteiger partial charge in [-0.2, -0.15) is 0 Å².